The number of nitrogens with two attached hydrogens (primary N) is 1. The van der Waals surface area contributed by atoms with Gasteiger partial charge in [0.1, 0.15) is 6.04 Å². The van der Waals surface area contributed by atoms with Crippen LogP contribution >= 0.6 is 0 Å². The van der Waals surface area contributed by atoms with Crippen molar-refractivity contribution in [1.82, 2.24) is 9.97 Å². The lowest BCUT2D eigenvalue weighted by atomic mass is 10.4. The van der Waals surface area contributed by atoms with E-state index in [1.54, 1.807) is 6.20 Å². The van der Waals surface area contributed by atoms with E-state index < -0.39 is 18.0 Å². The van der Waals surface area contributed by atoms with Crippen LogP contribution in [0, 0.1) is 0 Å². The van der Waals surface area contributed by atoms with Crippen molar-refractivity contribution in [3.8, 4) is 0 Å². The van der Waals surface area contributed by atoms with E-state index in [9.17, 15) is 9.59 Å². The van der Waals surface area contributed by atoms with Gasteiger partial charge in [0.15, 0.2) is 0 Å². The van der Waals surface area contributed by atoms with E-state index in [-0.39, 0.29) is 0 Å². The Kier molecular flexibility index (Phi) is 6.22. The van der Waals surface area contributed by atoms with Crippen molar-refractivity contribution < 1.29 is 19.8 Å². The zero-order chi connectivity index (χ0) is 12.6. The lowest BCUT2D eigenvalue weighted by molar-refractivity contribution is -0.138. The highest BCUT2D eigenvalue weighted by Crippen LogP contribution is 1.92. The summed E-state index contributed by atoms with van der Waals surface area (Å²) in [5.41, 5.74) is 5.45. The third-order valence-electron chi connectivity index (χ3n) is 1.31. The zero-order valence-corrected chi connectivity index (χ0v) is 8.62. The highest BCUT2D eigenvalue weighted by atomic mass is 16.4. The van der Waals surface area contributed by atoms with Crippen molar-refractivity contribution in [2.24, 2.45) is 5.73 Å². The van der Waals surface area contributed by atoms with Crippen LogP contribution in [0.15, 0.2) is 18.6 Å². The summed E-state index contributed by atoms with van der Waals surface area (Å²) in [6, 6.07) is -0.731. The Balaban J connectivity index is 0.000000325. The number of carboxylic acids is 2. The van der Waals surface area contributed by atoms with E-state index >= 15 is 0 Å². The Hall–Kier alpha value is -2.15. The Morgan fingerprint density at radius 3 is 2.44 bits per heavy atom. The third kappa shape index (κ3) is 7.27. The third-order valence-corrected chi connectivity index (χ3v) is 1.31. The second kappa shape index (κ2) is 7.18. The lowest BCUT2D eigenvalue weighted by Gasteiger charge is -1.90. The van der Waals surface area contributed by atoms with Gasteiger partial charge in [-0.1, -0.05) is 0 Å². The summed E-state index contributed by atoms with van der Waals surface area (Å²) in [6.07, 6.45) is 5.55. The first kappa shape index (κ1) is 13.8. The maximum atomic E-state index is 9.97. The van der Waals surface area contributed by atoms with Crippen molar-refractivity contribution in [1.29, 1.82) is 0 Å². The van der Waals surface area contributed by atoms with Gasteiger partial charge in [-0.25, -0.2) is 9.78 Å². The van der Waals surface area contributed by atoms with E-state index in [2.05, 4.69) is 9.97 Å². The molecule has 0 amide bonds. The predicted molar refractivity (Wildman–Crippen MR) is 56.5 cm³/mol. The van der Waals surface area contributed by atoms with Gasteiger partial charge in [0.05, 0.1) is 12.0 Å². The number of rotatable bonds is 3. The molecule has 1 aromatic heterocycles. The minimum atomic E-state index is -0.969. The van der Waals surface area contributed by atoms with Crippen LogP contribution in [0.5, 0.6) is 0 Å². The summed E-state index contributed by atoms with van der Waals surface area (Å²) >= 11 is 0. The van der Waals surface area contributed by atoms with Gasteiger partial charge in [-0.3, -0.25) is 4.79 Å². The second-order valence-electron chi connectivity index (χ2n) is 2.79. The zero-order valence-electron chi connectivity index (χ0n) is 8.62. The molecule has 1 aromatic rings. The topological polar surface area (TPSA) is 129 Å². The van der Waals surface area contributed by atoms with Crippen LogP contribution in [0.25, 0.3) is 6.08 Å². The quantitative estimate of drug-likeness (QED) is 0.534. The van der Waals surface area contributed by atoms with Gasteiger partial charge in [-0.2, -0.15) is 0 Å². The smallest absolute Gasteiger partial charge is 0.328 e. The Morgan fingerprint density at radius 1 is 1.56 bits per heavy atom. The number of carboxylic acid groups (broad SMARTS) is 2. The average molecular weight is 227 g/mol. The fraction of sp³-hybridized carbons (Fsp3) is 0.222. The van der Waals surface area contributed by atoms with Gasteiger partial charge in [-0.05, 0) is 13.0 Å². The molecule has 1 atom stereocenters. The fourth-order valence-electron chi connectivity index (χ4n) is 0.520. The molecule has 0 aliphatic heterocycles. The maximum Gasteiger partial charge on any atom is 0.328 e. The number of aromatic nitrogens is 2. The molecule has 0 aliphatic rings. The molecule has 7 heteroatoms. The van der Waals surface area contributed by atoms with Crippen LogP contribution in [0.4, 0.5) is 0 Å². The summed E-state index contributed by atoms with van der Waals surface area (Å²) in [5, 5.41) is 16.1. The number of aliphatic carboxylic acids is 2. The van der Waals surface area contributed by atoms with Crippen molar-refractivity contribution in [2.45, 2.75) is 13.0 Å². The van der Waals surface area contributed by atoms with E-state index in [0.29, 0.717) is 5.69 Å². The molecule has 0 saturated heterocycles. The minimum absolute atomic E-state index is 0.613. The van der Waals surface area contributed by atoms with E-state index in [1.807, 2.05) is 0 Å². The molecule has 88 valence electrons. The van der Waals surface area contributed by atoms with Gasteiger partial charge >= 0.3 is 11.9 Å². The van der Waals surface area contributed by atoms with Crippen LogP contribution in [0.3, 0.4) is 0 Å². The minimum Gasteiger partial charge on any atom is -0.480 e. The molecule has 0 radical (unpaired) electrons. The van der Waals surface area contributed by atoms with Crippen LogP contribution in [-0.2, 0) is 9.59 Å². The first-order valence-electron chi connectivity index (χ1n) is 4.31. The number of nitrogens with zero attached hydrogens (tertiary/aromatic N) is 1. The number of nitrogens with one attached hydrogen (secondary N) is 1. The molecule has 0 fully saturated rings. The van der Waals surface area contributed by atoms with Crippen molar-refractivity contribution >= 4 is 18.0 Å². The van der Waals surface area contributed by atoms with Gasteiger partial charge in [0.2, 0.25) is 0 Å². The molecule has 0 saturated carbocycles. The lowest BCUT2D eigenvalue weighted by Crippen LogP contribution is -2.25. The molecule has 16 heavy (non-hydrogen) atoms. The molecule has 7 nitrogen and oxygen atoms in total. The molecule has 1 heterocycles. The van der Waals surface area contributed by atoms with E-state index in [4.69, 9.17) is 15.9 Å². The number of imidazole rings is 1. The molecule has 5 N–H and O–H groups in total. The molecule has 0 aliphatic carbocycles. The molecule has 1 rings (SSSR count). The molecule has 0 aromatic carbocycles. The number of hydrogen-bond donors (Lipinski definition) is 4. The van der Waals surface area contributed by atoms with Crippen LogP contribution in [0.1, 0.15) is 12.6 Å². The highest BCUT2D eigenvalue weighted by molar-refractivity contribution is 5.84. The van der Waals surface area contributed by atoms with Gasteiger partial charge < -0.3 is 20.9 Å². The van der Waals surface area contributed by atoms with Gasteiger partial charge in [0, 0.05) is 12.3 Å². The maximum absolute atomic E-state index is 9.97. The number of H-pyrrole nitrogens is 1. The number of hydrogen-bond acceptors (Lipinski definition) is 4. The van der Waals surface area contributed by atoms with E-state index in [0.717, 1.165) is 6.08 Å². The summed E-state index contributed by atoms with van der Waals surface area (Å²) in [7, 11) is 0. The summed E-state index contributed by atoms with van der Waals surface area (Å²) in [5.74, 6) is -1.93. The molecular formula is C9H13N3O4. The van der Waals surface area contributed by atoms with Gasteiger partial charge in [-0.15, -0.1) is 0 Å². The Bertz CT molecular complexity index is 357. The standard InChI is InChI=1S/C6H6N2O2.C3H7NO2/c9-6(10)2-1-5-3-7-4-8-5;1-2(4)3(5)6/h1-4H,(H,7,8)(H,9,10);2H,4H2,1H3,(H,5,6)/b2-1+;/t;2-/m.0/s1. The second-order valence-corrected chi connectivity index (χ2v) is 2.79. The molecule has 0 spiro atoms. The average Bonchev–Trinajstić information content (AvgIpc) is 2.67. The number of carbonyl (C=O) groups is 2. The van der Waals surface area contributed by atoms with E-state index in [1.165, 1.54) is 19.3 Å². The predicted octanol–water partition coefficient (Wildman–Crippen LogP) is -0.0743. The SMILES string of the molecule is C[C@H](N)C(=O)O.O=C(O)/C=C/c1c[nH]cn1. The Labute approximate surface area is 91.6 Å². The first-order chi connectivity index (χ1) is 7.43. The molecule has 0 unspecified atom stereocenters. The molecule has 0 bridgehead atoms. The van der Waals surface area contributed by atoms with Crippen LogP contribution in [0.2, 0.25) is 0 Å². The largest absolute Gasteiger partial charge is 0.480 e. The molecular weight excluding hydrogens is 214 g/mol. The normalized spacial score (nSPS) is 11.6. The van der Waals surface area contributed by atoms with Gasteiger partial charge in [0.25, 0.3) is 0 Å². The van der Waals surface area contributed by atoms with Crippen molar-refractivity contribution in [3.05, 3.63) is 24.3 Å². The summed E-state index contributed by atoms with van der Waals surface area (Å²) in [4.78, 5) is 26.0. The summed E-state index contributed by atoms with van der Waals surface area (Å²) < 4.78 is 0. The first-order valence-corrected chi connectivity index (χ1v) is 4.31. The Morgan fingerprint density at radius 2 is 2.12 bits per heavy atom. The monoisotopic (exact) mass is 227 g/mol. The fourth-order valence-corrected chi connectivity index (χ4v) is 0.520. The van der Waals surface area contributed by atoms with Crippen LogP contribution in [-0.4, -0.2) is 38.2 Å². The van der Waals surface area contributed by atoms with Crippen molar-refractivity contribution in [3.63, 3.8) is 0 Å². The van der Waals surface area contributed by atoms with Crippen molar-refractivity contribution in [2.75, 3.05) is 0 Å². The summed E-state index contributed by atoms with van der Waals surface area (Å²) in [6.45, 7) is 1.42. The highest BCUT2D eigenvalue weighted by Gasteiger charge is 1.99. The van der Waals surface area contributed by atoms with Crippen LogP contribution < -0.4 is 5.73 Å². The number of aromatic amines is 1.